The first-order valence-electron chi connectivity index (χ1n) is 9.32. The van der Waals surface area contributed by atoms with Gasteiger partial charge in [-0.1, -0.05) is 60.7 Å². The molecule has 0 N–H and O–H groups in total. The zero-order valence-electron chi connectivity index (χ0n) is 15.7. The van der Waals surface area contributed by atoms with Gasteiger partial charge in [0.05, 0.1) is 11.2 Å². The Bertz CT molecular complexity index is 1480. The molecule has 0 spiro atoms. The van der Waals surface area contributed by atoms with Crippen LogP contribution in [0.5, 0.6) is 0 Å². The summed E-state index contributed by atoms with van der Waals surface area (Å²) in [5, 5.41) is 0.600. The van der Waals surface area contributed by atoms with Crippen molar-refractivity contribution in [3.63, 3.8) is 0 Å². The molecule has 0 saturated carbocycles. The minimum absolute atomic E-state index is 0.0923. The van der Waals surface area contributed by atoms with Crippen LogP contribution in [0.25, 0.3) is 39.0 Å². The molecule has 5 heteroatoms. The Morgan fingerprint density at radius 3 is 2.10 bits per heavy atom. The van der Waals surface area contributed by atoms with E-state index in [-0.39, 0.29) is 16.4 Å². The van der Waals surface area contributed by atoms with Crippen molar-refractivity contribution in [2.75, 3.05) is 0 Å². The summed E-state index contributed by atoms with van der Waals surface area (Å²) < 4.78 is 3.34. The number of fused-ring (bicyclic) bond motifs is 2. The van der Waals surface area contributed by atoms with Crippen molar-refractivity contribution in [3.8, 4) is 17.1 Å². The summed E-state index contributed by atoms with van der Waals surface area (Å²) in [5.74, 6) is 0.500. The van der Waals surface area contributed by atoms with E-state index in [0.717, 1.165) is 11.1 Å². The molecule has 0 saturated heterocycles. The number of hydrogen-bond acceptors (Lipinski definition) is 3. The van der Waals surface area contributed by atoms with Gasteiger partial charge >= 0.3 is 0 Å². The van der Waals surface area contributed by atoms with Crippen molar-refractivity contribution in [2.45, 2.75) is 0 Å². The van der Waals surface area contributed by atoms with E-state index in [0.29, 0.717) is 22.5 Å². The largest absolute Gasteiger partial charge is 0.328 e. The van der Waals surface area contributed by atoms with Crippen LogP contribution in [0.3, 0.4) is 0 Å². The summed E-state index contributed by atoms with van der Waals surface area (Å²) >= 11 is 0. The number of nitrogens with zero attached hydrogens (tertiary/aromatic N) is 3. The van der Waals surface area contributed by atoms with Gasteiger partial charge in [0.25, 0.3) is 5.56 Å². The summed E-state index contributed by atoms with van der Waals surface area (Å²) in [4.78, 5) is 31.7. The van der Waals surface area contributed by atoms with Crippen LogP contribution in [0.4, 0.5) is 0 Å². The maximum absolute atomic E-state index is 13.6. The molecule has 5 aromatic rings. The van der Waals surface area contributed by atoms with Gasteiger partial charge in [-0.25, -0.2) is 4.98 Å². The molecule has 0 radical (unpaired) electrons. The standard InChI is InChI=1S/C24H17N3O2/c1-26-19-15-9-8-14-18(19)21(28)20-23(26)25-22(16-10-4-2-5-11-16)27(24(20)29)17-12-6-3-7-13-17/h2-15H,1H3. The van der Waals surface area contributed by atoms with Gasteiger partial charge in [-0.05, 0) is 24.3 Å². The van der Waals surface area contributed by atoms with Crippen molar-refractivity contribution in [3.05, 3.63) is 106 Å². The van der Waals surface area contributed by atoms with Crippen molar-refractivity contribution >= 4 is 21.9 Å². The van der Waals surface area contributed by atoms with Crippen LogP contribution in [0, 0.1) is 0 Å². The van der Waals surface area contributed by atoms with Gasteiger partial charge in [0, 0.05) is 18.0 Å². The first kappa shape index (κ1) is 17.1. The number of hydrogen-bond donors (Lipinski definition) is 0. The predicted molar refractivity (Wildman–Crippen MR) is 116 cm³/mol. The number of aromatic nitrogens is 3. The second-order valence-electron chi connectivity index (χ2n) is 6.88. The van der Waals surface area contributed by atoms with Crippen LogP contribution in [-0.4, -0.2) is 14.1 Å². The Kier molecular flexibility index (Phi) is 3.88. The fourth-order valence-corrected chi connectivity index (χ4v) is 3.76. The second kappa shape index (κ2) is 6.56. The monoisotopic (exact) mass is 379 g/mol. The molecule has 2 aromatic heterocycles. The Balaban J connectivity index is 2.03. The lowest BCUT2D eigenvalue weighted by Gasteiger charge is -2.16. The Morgan fingerprint density at radius 2 is 1.38 bits per heavy atom. The lowest BCUT2D eigenvalue weighted by atomic mass is 10.1. The molecule has 0 aliphatic heterocycles. The van der Waals surface area contributed by atoms with Gasteiger partial charge in [-0.15, -0.1) is 0 Å². The molecule has 0 bridgehead atoms. The van der Waals surface area contributed by atoms with E-state index in [9.17, 15) is 9.59 Å². The molecule has 29 heavy (non-hydrogen) atoms. The second-order valence-corrected chi connectivity index (χ2v) is 6.88. The van der Waals surface area contributed by atoms with E-state index in [2.05, 4.69) is 0 Å². The Labute approximate surface area is 166 Å². The summed E-state index contributed by atoms with van der Waals surface area (Å²) in [6.45, 7) is 0. The van der Waals surface area contributed by atoms with E-state index in [4.69, 9.17) is 4.98 Å². The zero-order chi connectivity index (χ0) is 20.0. The van der Waals surface area contributed by atoms with Gasteiger partial charge in [0.2, 0.25) is 5.43 Å². The van der Waals surface area contributed by atoms with Crippen molar-refractivity contribution < 1.29 is 0 Å². The van der Waals surface area contributed by atoms with Gasteiger partial charge in [0.1, 0.15) is 11.2 Å². The zero-order valence-corrected chi connectivity index (χ0v) is 15.7. The lowest BCUT2D eigenvalue weighted by Crippen LogP contribution is -2.28. The lowest BCUT2D eigenvalue weighted by molar-refractivity contribution is 0.924. The topological polar surface area (TPSA) is 56.9 Å². The van der Waals surface area contributed by atoms with E-state index in [1.165, 1.54) is 4.57 Å². The SMILES string of the molecule is Cn1c2ccccc2c(=O)c2c(=O)n(-c3ccccc3)c(-c3ccccc3)nc21. The van der Waals surface area contributed by atoms with Crippen molar-refractivity contribution in [1.29, 1.82) is 0 Å². The number of pyridine rings is 1. The minimum Gasteiger partial charge on any atom is -0.328 e. The maximum Gasteiger partial charge on any atom is 0.271 e. The molecule has 0 aliphatic carbocycles. The molecular weight excluding hydrogens is 362 g/mol. The molecule has 0 amide bonds. The van der Waals surface area contributed by atoms with Gasteiger partial charge < -0.3 is 4.57 Å². The molecule has 140 valence electrons. The molecule has 5 nitrogen and oxygen atoms in total. The molecular formula is C24H17N3O2. The average molecular weight is 379 g/mol. The van der Waals surface area contributed by atoms with Gasteiger partial charge in [-0.3, -0.25) is 14.2 Å². The number of benzene rings is 3. The van der Waals surface area contributed by atoms with Crippen LogP contribution < -0.4 is 11.0 Å². The molecule has 3 aromatic carbocycles. The van der Waals surface area contributed by atoms with Gasteiger partial charge in [-0.2, -0.15) is 0 Å². The van der Waals surface area contributed by atoms with Crippen LogP contribution >= 0.6 is 0 Å². The van der Waals surface area contributed by atoms with Gasteiger partial charge in [0.15, 0.2) is 5.65 Å². The van der Waals surface area contributed by atoms with Crippen molar-refractivity contribution in [2.24, 2.45) is 7.05 Å². The van der Waals surface area contributed by atoms with Crippen LogP contribution in [-0.2, 0) is 7.05 Å². The molecule has 0 fully saturated rings. The fraction of sp³-hybridized carbons (Fsp3) is 0.0417. The average Bonchev–Trinajstić information content (AvgIpc) is 2.78. The first-order valence-corrected chi connectivity index (χ1v) is 9.32. The Hall–Kier alpha value is -3.99. The van der Waals surface area contributed by atoms with E-state index in [1.54, 1.807) is 12.1 Å². The highest BCUT2D eigenvalue weighted by Gasteiger charge is 2.19. The third-order valence-corrected chi connectivity index (χ3v) is 5.17. The highest BCUT2D eigenvalue weighted by Crippen LogP contribution is 2.22. The third-order valence-electron chi connectivity index (χ3n) is 5.17. The molecule has 2 heterocycles. The molecule has 0 atom stereocenters. The fourth-order valence-electron chi connectivity index (χ4n) is 3.76. The van der Waals surface area contributed by atoms with Crippen LogP contribution in [0.15, 0.2) is 94.5 Å². The quantitative estimate of drug-likeness (QED) is 0.437. The van der Waals surface area contributed by atoms with Crippen molar-refractivity contribution in [1.82, 2.24) is 14.1 Å². The maximum atomic E-state index is 13.6. The summed E-state index contributed by atoms with van der Waals surface area (Å²) in [5.41, 5.74) is 1.93. The van der Waals surface area contributed by atoms with Crippen LogP contribution in [0.2, 0.25) is 0 Å². The number of rotatable bonds is 2. The smallest absolute Gasteiger partial charge is 0.271 e. The minimum atomic E-state index is -0.369. The van der Waals surface area contributed by atoms with E-state index >= 15 is 0 Å². The first-order chi connectivity index (χ1) is 14.2. The highest BCUT2D eigenvalue weighted by atomic mass is 16.1. The van der Waals surface area contributed by atoms with E-state index < -0.39 is 0 Å². The number of para-hydroxylation sites is 2. The Morgan fingerprint density at radius 1 is 0.759 bits per heavy atom. The van der Waals surface area contributed by atoms with E-state index in [1.807, 2.05) is 84.4 Å². The predicted octanol–water partition coefficient (Wildman–Crippen LogP) is 3.90. The summed E-state index contributed by atoms with van der Waals surface area (Å²) in [6, 6.07) is 26.1. The summed E-state index contributed by atoms with van der Waals surface area (Å²) in [6.07, 6.45) is 0. The number of aryl methyl sites for hydroxylation is 1. The highest BCUT2D eigenvalue weighted by molar-refractivity contribution is 5.92. The van der Waals surface area contributed by atoms with Crippen LogP contribution in [0.1, 0.15) is 0 Å². The third kappa shape index (κ3) is 2.59. The molecule has 5 rings (SSSR count). The summed E-state index contributed by atoms with van der Waals surface area (Å²) in [7, 11) is 1.83. The normalized spacial score (nSPS) is 11.2. The molecule has 0 unspecified atom stereocenters. The molecule has 0 aliphatic rings.